The van der Waals surface area contributed by atoms with E-state index in [-0.39, 0.29) is 47.6 Å². The molecule has 2 aliphatic carbocycles. The van der Waals surface area contributed by atoms with Crippen molar-refractivity contribution >= 4 is 40.2 Å². The fourth-order valence-corrected chi connectivity index (χ4v) is 8.79. The average Bonchev–Trinajstić information content (AvgIpc) is 3.67. The van der Waals surface area contributed by atoms with E-state index in [9.17, 15) is 32.3 Å². The number of benzene rings is 1. The second-order valence-corrected chi connectivity index (χ2v) is 14.6. The Kier molecular flexibility index (Phi) is 7.77. The Morgan fingerprint density at radius 2 is 1.69 bits per heavy atom. The van der Waals surface area contributed by atoms with Crippen LogP contribution in [0, 0.1) is 31.1 Å². The van der Waals surface area contributed by atoms with Gasteiger partial charge in [-0.05, 0) is 73.9 Å². The van der Waals surface area contributed by atoms with E-state index in [0.717, 1.165) is 35.6 Å². The lowest BCUT2D eigenvalue weighted by molar-refractivity contribution is -0.141. The van der Waals surface area contributed by atoms with Gasteiger partial charge in [0.15, 0.2) is 5.78 Å². The number of carbonyl (C=O) groups is 4. The van der Waals surface area contributed by atoms with Crippen LogP contribution in [0.4, 0.5) is 19.0 Å². The van der Waals surface area contributed by atoms with Gasteiger partial charge >= 0.3 is 6.18 Å². The highest BCUT2D eigenvalue weighted by atomic mass is 19.4. The molecule has 1 N–H and O–H groups in total. The molecule has 4 aromatic rings. The van der Waals surface area contributed by atoms with E-state index in [4.69, 9.17) is 0 Å². The molecular weight excluding hydrogens is 677 g/mol. The maximum Gasteiger partial charge on any atom is 0.433 e. The number of hydrogen-bond acceptors (Lipinski definition) is 8. The van der Waals surface area contributed by atoms with Crippen LogP contribution in [0.3, 0.4) is 0 Å². The van der Waals surface area contributed by atoms with Crippen LogP contribution < -0.4 is 5.32 Å². The van der Waals surface area contributed by atoms with Crippen LogP contribution in [0.5, 0.6) is 0 Å². The number of hydrogen-bond donors (Lipinski definition) is 1. The molecule has 2 saturated heterocycles. The van der Waals surface area contributed by atoms with Crippen molar-refractivity contribution in [2.24, 2.45) is 17.3 Å². The zero-order chi connectivity index (χ0) is 36.9. The van der Waals surface area contributed by atoms with Crippen molar-refractivity contribution in [3.8, 4) is 11.1 Å². The quantitative estimate of drug-likeness (QED) is 0.298. The molecule has 6 heterocycles. The van der Waals surface area contributed by atoms with Crippen LogP contribution in [-0.4, -0.2) is 83.7 Å². The molecule has 4 fully saturated rings. The maximum absolute atomic E-state index is 14.5. The average molecular weight is 715 g/mol. The highest BCUT2D eigenvalue weighted by molar-refractivity contribution is 6.07. The van der Waals surface area contributed by atoms with Gasteiger partial charge < -0.3 is 15.1 Å². The van der Waals surface area contributed by atoms with Crippen LogP contribution >= 0.6 is 0 Å². The third kappa shape index (κ3) is 5.34. The molecule has 12 nitrogen and oxygen atoms in total. The smallest absolute Gasteiger partial charge is 0.345 e. The number of Topliss-reactive ketones (excluding diaryl/α,β-unsaturated/α-hetero) is 1. The van der Waals surface area contributed by atoms with Gasteiger partial charge in [0.1, 0.15) is 35.6 Å². The van der Waals surface area contributed by atoms with Crippen LogP contribution in [0.25, 0.3) is 22.0 Å². The monoisotopic (exact) mass is 714 g/mol. The molecule has 2 unspecified atom stereocenters. The molecule has 3 aliphatic heterocycles. The number of piperidine rings is 1. The topological polar surface area (TPSA) is 143 Å². The van der Waals surface area contributed by atoms with Crippen LogP contribution in [-0.2, 0) is 33.5 Å². The van der Waals surface area contributed by atoms with E-state index in [1.54, 1.807) is 42.9 Å². The molecule has 270 valence electrons. The van der Waals surface area contributed by atoms with E-state index >= 15 is 0 Å². The largest absolute Gasteiger partial charge is 0.433 e. The molecule has 5 aliphatic rings. The van der Waals surface area contributed by atoms with Gasteiger partial charge in [0.25, 0.3) is 0 Å². The Bertz CT molecular complexity index is 2180. The summed E-state index contributed by atoms with van der Waals surface area (Å²) in [4.78, 5) is 70.3. The summed E-state index contributed by atoms with van der Waals surface area (Å²) in [6.07, 6.45) is 1.87. The molecule has 9 rings (SSSR count). The van der Waals surface area contributed by atoms with E-state index in [1.165, 1.54) is 17.9 Å². The van der Waals surface area contributed by atoms with Gasteiger partial charge in [-0.3, -0.25) is 23.9 Å². The standard InChI is InChI=1S/C37H37F3N8O4/c1-18-10-11-25(37(38,39)40)43-34(18)44-35(52)32-28-29-33-36(28,29)17-46(4)26(50)9-7-5-6-8-21-12-22(23-14-41-20(3)42-15-23)13-24-30(19(2)49)45-47(31(21)24)16-27(51)48(32)33/h10-15,28-29,32-33H,5-9,16-17H2,1-4H3,(H,43,44,52)/t28?,29?,32-,33+,36-/m0/s1. The summed E-state index contributed by atoms with van der Waals surface area (Å²) in [6, 6.07) is 4.65. The number of aryl methyl sites for hydroxylation is 3. The highest BCUT2D eigenvalue weighted by Gasteiger charge is 2.96. The number of pyridine rings is 1. The number of amides is 3. The molecule has 3 amide bonds. The summed E-state index contributed by atoms with van der Waals surface area (Å²) in [5.41, 5.74) is 1.99. The van der Waals surface area contributed by atoms with Gasteiger partial charge in [0.2, 0.25) is 17.7 Å². The number of nitrogens with one attached hydrogen (secondary N) is 1. The molecular formula is C37H37F3N8O4. The van der Waals surface area contributed by atoms with Crippen LogP contribution in [0.2, 0.25) is 0 Å². The number of aromatic nitrogens is 5. The van der Waals surface area contributed by atoms with Gasteiger partial charge in [0.05, 0.1) is 5.52 Å². The number of rotatable bonds is 4. The lowest BCUT2D eigenvalue weighted by atomic mass is 9.96. The number of alkyl halides is 3. The van der Waals surface area contributed by atoms with Gasteiger partial charge in [-0.25, -0.2) is 15.0 Å². The van der Waals surface area contributed by atoms with Gasteiger partial charge in [-0.1, -0.05) is 12.5 Å². The molecule has 0 radical (unpaired) electrons. The van der Waals surface area contributed by atoms with Crippen molar-refractivity contribution in [1.29, 1.82) is 0 Å². The molecule has 3 aromatic heterocycles. The minimum absolute atomic E-state index is 0.0194. The second kappa shape index (κ2) is 11.9. The van der Waals surface area contributed by atoms with Crippen LogP contribution in [0.1, 0.15) is 65.7 Å². The third-order valence-corrected chi connectivity index (χ3v) is 11.4. The van der Waals surface area contributed by atoms with E-state index in [0.29, 0.717) is 48.1 Å². The number of halogens is 3. The zero-order valence-corrected chi connectivity index (χ0v) is 29.1. The number of nitrogens with zero attached hydrogens (tertiary/aromatic N) is 7. The van der Waals surface area contributed by atoms with Gasteiger partial charge in [0, 0.05) is 67.7 Å². The summed E-state index contributed by atoms with van der Waals surface area (Å²) in [5, 5.41) is 7.85. The minimum atomic E-state index is -4.71. The van der Waals surface area contributed by atoms with Gasteiger partial charge in [-0.15, -0.1) is 0 Å². The number of carbonyl (C=O) groups excluding carboxylic acids is 4. The second-order valence-electron chi connectivity index (χ2n) is 14.6. The predicted molar refractivity (Wildman–Crippen MR) is 182 cm³/mol. The lowest BCUT2D eigenvalue weighted by Gasteiger charge is -2.24. The summed E-state index contributed by atoms with van der Waals surface area (Å²) in [6.45, 7) is 4.86. The van der Waals surface area contributed by atoms with Gasteiger partial charge in [-0.2, -0.15) is 18.3 Å². The maximum atomic E-state index is 14.5. The summed E-state index contributed by atoms with van der Waals surface area (Å²) >= 11 is 0. The van der Waals surface area contributed by atoms with Crippen molar-refractivity contribution < 1.29 is 32.3 Å². The normalized spacial score (nSPS) is 25.7. The molecule has 1 spiro atoms. The SMILES string of the molecule is CC(=O)c1nn2c3c(cc(-c4cnc(C)nc4)cc13)CCCCCC(=O)N(C)C[C@]13C4C1[C@H]3N(C(=O)C2)[C@@H]4C(=O)Nc1nc(C(F)(F)F)ccc1C. The van der Waals surface area contributed by atoms with E-state index in [1.807, 2.05) is 12.1 Å². The van der Waals surface area contributed by atoms with E-state index in [2.05, 4.69) is 25.4 Å². The number of ketones is 1. The zero-order valence-electron chi connectivity index (χ0n) is 29.1. The molecule has 15 heteroatoms. The molecule has 52 heavy (non-hydrogen) atoms. The Morgan fingerprint density at radius 3 is 2.40 bits per heavy atom. The Balaban J connectivity index is 1.19. The first-order valence-corrected chi connectivity index (χ1v) is 17.4. The summed E-state index contributed by atoms with van der Waals surface area (Å²) in [7, 11) is 1.74. The van der Waals surface area contributed by atoms with Crippen molar-refractivity contribution in [2.45, 2.75) is 77.7 Å². The number of anilines is 1. The van der Waals surface area contributed by atoms with Crippen molar-refractivity contribution in [2.75, 3.05) is 18.9 Å². The van der Waals surface area contributed by atoms with Crippen molar-refractivity contribution in [3.05, 3.63) is 65.0 Å². The molecule has 2 saturated carbocycles. The van der Waals surface area contributed by atoms with Crippen molar-refractivity contribution in [3.63, 3.8) is 0 Å². The lowest BCUT2D eigenvalue weighted by Crippen LogP contribution is -2.45. The fraction of sp³-hybridized carbons (Fsp3) is 0.459. The summed E-state index contributed by atoms with van der Waals surface area (Å²) in [5.74, 6) is -1.24. The Morgan fingerprint density at radius 1 is 0.962 bits per heavy atom. The first-order chi connectivity index (χ1) is 24.7. The first kappa shape index (κ1) is 33.9. The molecule has 5 atom stereocenters. The third-order valence-electron chi connectivity index (χ3n) is 11.4. The Labute approximate surface area is 296 Å². The van der Waals surface area contributed by atoms with E-state index < -0.39 is 35.1 Å². The fourth-order valence-electron chi connectivity index (χ4n) is 8.79. The highest BCUT2D eigenvalue weighted by Crippen LogP contribution is 2.87. The predicted octanol–water partition coefficient (Wildman–Crippen LogP) is 4.77. The molecule has 1 aromatic carbocycles. The van der Waals surface area contributed by atoms with Crippen molar-refractivity contribution in [1.82, 2.24) is 34.5 Å². The minimum Gasteiger partial charge on any atom is -0.345 e. The first-order valence-electron chi connectivity index (χ1n) is 17.4. The molecule has 4 bridgehead atoms. The van der Waals surface area contributed by atoms with Crippen LogP contribution in [0.15, 0.2) is 36.7 Å². The Hall–Kier alpha value is -5.21. The summed E-state index contributed by atoms with van der Waals surface area (Å²) < 4.78 is 42.1.